The lowest BCUT2D eigenvalue weighted by atomic mass is 9.92. The number of ether oxygens (including phenoxy) is 1. The van der Waals surface area contributed by atoms with Crippen LogP contribution >= 0.6 is 0 Å². The molecule has 0 aromatic heterocycles. The molecule has 4 heteroatoms. The first-order chi connectivity index (χ1) is 8.10. The van der Waals surface area contributed by atoms with Crippen LogP contribution in [-0.2, 0) is 4.74 Å². The van der Waals surface area contributed by atoms with Gasteiger partial charge in [0, 0.05) is 6.54 Å². The summed E-state index contributed by atoms with van der Waals surface area (Å²) < 4.78 is 5.14. The van der Waals surface area contributed by atoms with Crippen LogP contribution < -0.4 is 10.6 Å². The molecule has 0 saturated carbocycles. The molecule has 0 heterocycles. The standard InChI is InChI=1S/C14H30N2O2/c1-13(2,3)8-11-15-9-7-10-16-12(17)18-14(4,5)6/h15H,7-11H2,1-6H3,(H,16,17). The van der Waals surface area contributed by atoms with Gasteiger partial charge in [-0.05, 0) is 52.1 Å². The summed E-state index contributed by atoms with van der Waals surface area (Å²) in [4.78, 5) is 11.3. The molecule has 18 heavy (non-hydrogen) atoms. The molecule has 0 aliphatic heterocycles. The van der Waals surface area contributed by atoms with Crippen LogP contribution in [0.5, 0.6) is 0 Å². The van der Waals surface area contributed by atoms with Gasteiger partial charge in [0.25, 0.3) is 0 Å². The van der Waals surface area contributed by atoms with Gasteiger partial charge in [0.2, 0.25) is 0 Å². The molecule has 108 valence electrons. The van der Waals surface area contributed by atoms with Gasteiger partial charge < -0.3 is 15.4 Å². The van der Waals surface area contributed by atoms with Crippen molar-refractivity contribution in [1.29, 1.82) is 0 Å². The van der Waals surface area contributed by atoms with Crippen LogP contribution in [-0.4, -0.2) is 31.3 Å². The van der Waals surface area contributed by atoms with Crippen LogP contribution in [0.4, 0.5) is 4.79 Å². The highest BCUT2D eigenvalue weighted by Crippen LogP contribution is 2.16. The molecule has 0 atom stereocenters. The molecule has 0 aromatic rings. The van der Waals surface area contributed by atoms with E-state index >= 15 is 0 Å². The van der Waals surface area contributed by atoms with Gasteiger partial charge in [0.1, 0.15) is 5.60 Å². The molecule has 0 aliphatic carbocycles. The van der Waals surface area contributed by atoms with E-state index in [1.54, 1.807) is 0 Å². The van der Waals surface area contributed by atoms with Crippen molar-refractivity contribution in [2.75, 3.05) is 19.6 Å². The minimum atomic E-state index is -0.422. The highest BCUT2D eigenvalue weighted by atomic mass is 16.6. The van der Waals surface area contributed by atoms with E-state index in [1.165, 1.54) is 0 Å². The van der Waals surface area contributed by atoms with E-state index in [9.17, 15) is 4.79 Å². The Morgan fingerprint density at radius 3 is 2.11 bits per heavy atom. The predicted molar refractivity (Wildman–Crippen MR) is 75.8 cm³/mol. The maximum atomic E-state index is 11.3. The lowest BCUT2D eigenvalue weighted by molar-refractivity contribution is 0.0527. The maximum Gasteiger partial charge on any atom is 0.407 e. The highest BCUT2D eigenvalue weighted by molar-refractivity contribution is 5.67. The van der Waals surface area contributed by atoms with Crippen molar-refractivity contribution < 1.29 is 9.53 Å². The van der Waals surface area contributed by atoms with E-state index < -0.39 is 5.60 Å². The molecule has 0 radical (unpaired) electrons. The quantitative estimate of drug-likeness (QED) is 0.720. The van der Waals surface area contributed by atoms with Gasteiger partial charge in [-0.25, -0.2) is 4.79 Å². The maximum absolute atomic E-state index is 11.3. The summed E-state index contributed by atoms with van der Waals surface area (Å²) in [5.74, 6) is 0. The van der Waals surface area contributed by atoms with Crippen LogP contribution in [0, 0.1) is 5.41 Å². The SMILES string of the molecule is CC(C)(C)CCNCCCNC(=O)OC(C)(C)C. The van der Waals surface area contributed by atoms with Crippen LogP contribution in [0.25, 0.3) is 0 Å². The van der Waals surface area contributed by atoms with Crippen molar-refractivity contribution in [1.82, 2.24) is 10.6 Å². The lowest BCUT2D eigenvalue weighted by Gasteiger charge is -2.20. The van der Waals surface area contributed by atoms with E-state index in [4.69, 9.17) is 4.74 Å². The third-order valence-corrected chi connectivity index (χ3v) is 2.25. The van der Waals surface area contributed by atoms with E-state index in [0.29, 0.717) is 12.0 Å². The Morgan fingerprint density at radius 2 is 1.61 bits per heavy atom. The number of rotatable bonds is 6. The molecule has 0 rings (SSSR count). The molecule has 4 nitrogen and oxygen atoms in total. The Balaban J connectivity index is 3.39. The fourth-order valence-electron chi connectivity index (χ4n) is 1.31. The molecule has 1 amide bonds. The molecule has 0 unspecified atom stereocenters. The van der Waals surface area contributed by atoms with Crippen molar-refractivity contribution in [2.45, 2.75) is 60.0 Å². The second-order valence-corrected chi connectivity index (χ2v) is 6.84. The fraction of sp³-hybridized carbons (Fsp3) is 0.929. The van der Waals surface area contributed by atoms with Gasteiger partial charge in [-0.1, -0.05) is 20.8 Å². The zero-order valence-corrected chi connectivity index (χ0v) is 12.9. The summed E-state index contributed by atoms with van der Waals surface area (Å²) in [7, 11) is 0. The lowest BCUT2D eigenvalue weighted by Crippen LogP contribution is -2.34. The first kappa shape index (κ1) is 17.2. The third kappa shape index (κ3) is 13.3. The zero-order valence-electron chi connectivity index (χ0n) is 12.9. The van der Waals surface area contributed by atoms with Crippen LogP contribution in [0.15, 0.2) is 0 Å². The molecular formula is C14H30N2O2. The summed E-state index contributed by atoms with van der Waals surface area (Å²) in [6.07, 6.45) is 1.74. The Morgan fingerprint density at radius 1 is 1.00 bits per heavy atom. The average molecular weight is 258 g/mol. The summed E-state index contributed by atoms with van der Waals surface area (Å²) >= 11 is 0. The smallest absolute Gasteiger partial charge is 0.407 e. The minimum absolute atomic E-state index is 0.336. The molecular weight excluding hydrogens is 228 g/mol. The Labute approximate surface area is 112 Å². The number of hydrogen-bond acceptors (Lipinski definition) is 3. The summed E-state index contributed by atoms with van der Waals surface area (Å²) in [6, 6.07) is 0. The topological polar surface area (TPSA) is 50.4 Å². The van der Waals surface area contributed by atoms with E-state index in [0.717, 1.165) is 25.9 Å². The first-order valence-electron chi connectivity index (χ1n) is 6.78. The largest absolute Gasteiger partial charge is 0.444 e. The minimum Gasteiger partial charge on any atom is -0.444 e. The molecule has 0 bridgehead atoms. The molecule has 2 N–H and O–H groups in total. The molecule has 0 fully saturated rings. The molecule has 0 saturated heterocycles. The van der Waals surface area contributed by atoms with Gasteiger partial charge in [-0.2, -0.15) is 0 Å². The van der Waals surface area contributed by atoms with Crippen molar-refractivity contribution in [3.8, 4) is 0 Å². The van der Waals surface area contributed by atoms with Gasteiger partial charge in [-0.3, -0.25) is 0 Å². The second-order valence-electron chi connectivity index (χ2n) is 6.84. The fourth-order valence-corrected chi connectivity index (χ4v) is 1.31. The van der Waals surface area contributed by atoms with Crippen LogP contribution in [0.3, 0.4) is 0 Å². The van der Waals surface area contributed by atoms with Crippen molar-refractivity contribution >= 4 is 6.09 Å². The Bertz CT molecular complexity index is 239. The molecule has 0 aromatic carbocycles. The average Bonchev–Trinajstić information content (AvgIpc) is 2.11. The Kier molecular flexibility index (Phi) is 7.29. The number of nitrogens with one attached hydrogen (secondary N) is 2. The first-order valence-corrected chi connectivity index (χ1v) is 6.78. The zero-order chi connectivity index (χ0) is 14.2. The predicted octanol–water partition coefficient (Wildman–Crippen LogP) is 2.93. The number of amides is 1. The number of carbonyl (C=O) groups excluding carboxylic acids is 1. The van der Waals surface area contributed by atoms with Crippen molar-refractivity contribution in [3.63, 3.8) is 0 Å². The third-order valence-electron chi connectivity index (χ3n) is 2.25. The van der Waals surface area contributed by atoms with Gasteiger partial charge >= 0.3 is 6.09 Å². The van der Waals surface area contributed by atoms with E-state index in [-0.39, 0.29) is 6.09 Å². The number of hydrogen-bond donors (Lipinski definition) is 2. The summed E-state index contributed by atoms with van der Waals surface area (Å²) in [5, 5.41) is 6.12. The van der Waals surface area contributed by atoms with E-state index in [2.05, 4.69) is 31.4 Å². The second kappa shape index (κ2) is 7.62. The highest BCUT2D eigenvalue weighted by Gasteiger charge is 2.15. The number of alkyl carbamates (subject to hydrolysis) is 1. The molecule has 0 spiro atoms. The monoisotopic (exact) mass is 258 g/mol. The Hall–Kier alpha value is -0.770. The molecule has 0 aliphatic rings. The van der Waals surface area contributed by atoms with Gasteiger partial charge in [-0.15, -0.1) is 0 Å². The number of carbonyl (C=O) groups is 1. The van der Waals surface area contributed by atoms with Gasteiger partial charge in [0.15, 0.2) is 0 Å². The van der Waals surface area contributed by atoms with Gasteiger partial charge in [0.05, 0.1) is 0 Å². The van der Waals surface area contributed by atoms with Crippen molar-refractivity contribution in [2.24, 2.45) is 5.41 Å². The van der Waals surface area contributed by atoms with Crippen LogP contribution in [0.2, 0.25) is 0 Å². The van der Waals surface area contributed by atoms with Crippen LogP contribution in [0.1, 0.15) is 54.4 Å². The summed E-state index contributed by atoms with van der Waals surface area (Å²) in [5.41, 5.74) is -0.0448. The normalized spacial score (nSPS) is 12.3. The van der Waals surface area contributed by atoms with E-state index in [1.807, 2.05) is 20.8 Å². The van der Waals surface area contributed by atoms with Crippen molar-refractivity contribution in [3.05, 3.63) is 0 Å². The summed E-state index contributed by atoms with van der Waals surface area (Å²) in [6.45, 7) is 14.9.